The second-order valence-electron chi connectivity index (χ2n) is 6.07. The van der Waals surface area contributed by atoms with E-state index in [1.165, 1.54) is 11.1 Å². The van der Waals surface area contributed by atoms with Gasteiger partial charge in [-0.25, -0.2) is 0 Å². The fraction of sp³-hybridized carbons (Fsp3) is 0.647. The molecule has 1 aliphatic rings. The zero-order valence-electron chi connectivity index (χ0n) is 13.1. The molecule has 1 aliphatic carbocycles. The van der Waals surface area contributed by atoms with Gasteiger partial charge in [-0.15, -0.1) is 0 Å². The molecule has 0 aliphatic heterocycles. The summed E-state index contributed by atoms with van der Waals surface area (Å²) in [4.78, 5) is 0. The molecule has 0 heterocycles. The van der Waals surface area contributed by atoms with Gasteiger partial charge in [-0.2, -0.15) is 0 Å². The van der Waals surface area contributed by atoms with Crippen molar-refractivity contribution in [2.45, 2.75) is 64.7 Å². The predicted octanol–water partition coefficient (Wildman–Crippen LogP) is 3.39. The largest absolute Gasteiger partial charge is 0.487 e. The molecule has 112 valence electrons. The predicted molar refractivity (Wildman–Crippen MR) is 82.3 cm³/mol. The molecule has 3 atom stereocenters. The number of nitrogens with two attached hydrogens (primary N) is 1. The summed E-state index contributed by atoms with van der Waals surface area (Å²) in [6, 6.07) is 6.57. The smallest absolute Gasteiger partial charge is 0.128 e. The van der Waals surface area contributed by atoms with Crippen LogP contribution in [0.5, 0.6) is 5.75 Å². The normalized spacial score (nSPS) is 25.6. The van der Waals surface area contributed by atoms with Crippen molar-refractivity contribution in [1.82, 2.24) is 0 Å². The highest BCUT2D eigenvalue weighted by Crippen LogP contribution is 2.31. The molecule has 0 saturated heterocycles. The molecule has 0 spiro atoms. The van der Waals surface area contributed by atoms with Gasteiger partial charge in [-0.05, 0) is 36.5 Å². The van der Waals surface area contributed by atoms with E-state index >= 15 is 0 Å². The van der Waals surface area contributed by atoms with E-state index in [0.717, 1.165) is 25.2 Å². The second-order valence-corrected chi connectivity index (χ2v) is 6.07. The van der Waals surface area contributed by atoms with Crippen molar-refractivity contribution >= 4 is 0 Å². The average Bonchev–Trinajstić information content (AvgIpc) is 2.40. The van der Waals surface area contributed by atoms with E-state index in [2.05, 4.69) is 45.9 Å². The first-order chi connectivity index (χ1) is 9.52. The topological polar surface area (TPSA) is 44.5 Å². The molecule has 3 nitrogen and oxygen atoms in total. The van der Waals surface area contributed by atoms with Gasteiger partial charge in [0.1, 0.15) is 18.0 Å². The lowest BCUT2D eigenvalue weighted by Crippen LogP contribution is -2.59. The molecule has 1 aromatic rings. The first-order valence-electron chi connectivity index (χ1n) is 7.67. The van der Waals surface area contributed by atoms with Gasteiger partial charge in [-0.3, -0.25) is 0 Å². The van der Waals surface area contributed by atoms with Crippen LogP contribution < -0.4 is 10.5 Å². The molecule has 2 rings (SSSR count). The molecule has 3 heteroatoms. The molecule has 0 radical (unpaired) electrons. The zero-order valence-corrected chi connectivity index (χ0v) is 13.1. The Bertz CT molecular complexity index is 445. The van der Waals surface area contributed by atoms with Crippen LogP contribution in [0, 0.1) is 6.92 Å². The van der Waals surface area contributed by atoms with Crippen molar-refractivity contribution in [3.63, 3.8) is 0 Å². The zero-order chi connectivity index (χ0) is 14.7. The van der Waals surface area contributed by atoms with Crippen LogP contribution in [0.1, 0.15) is 50.7 Å². The first kappa shape index (κ1) is 15.3. The fourth-order valence-electron chi connectivity index (χ4n) is 2.48. The Kier molecular flexibility index (Phi) is 5.06. The second kappa shape index (κ2) is 6.59. The fourth-order valence-corrected chi connectivity index (χ4v) is 2.48. The lowest BCUT2D eigenvalue weighted by Gasteiger charge is -2.42. The van der Waals surface area contributed by atoms with Crippen LogP contribution >= 0.6 is 0 Å². The number of rotatable bonds is 6. The Labute approximate surface area is 122 Å². The van der Waals surface area contributed by atoms with E-state index in [0.29, 0.717) is 5.92 Å². The minimum absolute atomic E-state index is 0.0389. The van der Waals surface area contributed by atoms with E-state index in [1.54, 1.807) is 0 Å². The van der Waals surface area contributed by atoms with E-state index in [4.69, 9.17) is 15.2 Å². The Morgan fingerprint density at radius 1 is 1.35 bits per heavy atom. The van der Waals surface area contributed by atoms with E-state index < -0.39 is 0 Å². The van der Waals surface area contributed by atoms with Gasteiger partial charge in [0.05, 0.1) is 0 Å². The number of benzene rings is 1. The molecule has 1 fully saturated rings. The number of ether oxygens (including phenoxy) is 2. The monoisotopic (exact) mass is 277 g/mol. The highest BCUT2D eigenvalue weighted by molar-refractivity contribution is 5.38. The molecule has 1 saturated carbocycles. The minimum atomic E-state index is 0.0389. The summed E-state index contributed by atoms with van der Waals surface area (Å²) in [6.07, 6.45) is 2.02. The van der Waals surface area contributed by atoms with Crippen LogP contribution in [0.15, 0.2) is 18.2 Å². The highest BCUT2D eigenvalue weighted by atomic mass is 16.5. The number of aryl methyl sites for hydroxylation is 1. The molecule has 0 bridgehead atoms. The molecule has 1 aromatic carbocycles. The summed E-state index contributed by atoms with van der Waals surface area (Å²) in [5.74, 6) is 1.48. The van der Waals surface area contributed by atoms with Crippen molar-refractivity contribution in [2.24, 2.45) is 5.73 Å². The third kappa shape index (κ3) is 3.33. The Balaban J connectivity index is 2.04. The first-order valence-corrected chi connectivity index (χ1v) is 7.67. The molecule has 2 N–H and O–H groups in total. The Morgan fingerprint density at radius 2 is 2.10 bits per heavy atom. The Morgan fingerprint density at radius 3 is 2.70 bits per heavy atom. The Hall–Kier alpha value is -1.06. The van der Waals surface area contributed by atoms with Crippen molar-refractivity contribution in [1.29, 1.82) is 0 Å². The van der Waals surface area contributed by atoms with Crippen LogP contribution in [0.4, 0.5) is 0 Å². The third-order valence-electron chi connectivity index (χ3n) is 3.96. The molecular weight excluding hydrogens is 250 g/mol. The van der Waals surface area contributed by atoms with Crippen LogP contribution in [-0.2, 0) is 4.74 Å². The van der Waals surface area contributed by atoms with Crippen molar-refractivity contribution in [2.75, 3.05) is 6.61 Å². The number of hydrogen-bond acceptors (Lipinski definition) is 3. The molecule has 20 heavy (non-hydrogen) atoms. The van der Waals surface area contributed by atoms with Crippen LogP contribution in [0.3, 0.4) is 0 Å². The van der Waals surface area contributed by atoms with Gasteiger partial charge in [0.2, 0.25) is 0 Å². The maximum Gasteiger partial charge on any atom is 0.128 e. The summed E-state index contributed by atoms with van der Waals surface area (Å²) >= 11 is 0. The van der Waals surface area contributed by atoms with Crippen molar-refractivity contribution in [3.8, 4) is 5.75 Å². The minimum Gasteiger partial charge on any atom is -0.487 e. The summed E-state index contributed by atoms with van der Waals surface area (Å²) < 4.78 is 11.9. The van der Waals surface area contributed by atoms with E-state index in [-0.39, 0.29) is 18.2 Å². The van der Waals surface area contributed by atoms with Gasteiger partial charge < -0.3 is 15.2 Å². The summed E-state index contributed by atoms with van der Waals surface area (Å²) in [5.41, 5.74) is 8.50. The maximum atomic E-state index is 6.15. The van der Waals surface area contributed by atoms with E-state index in [1.807, 2.05) is 0 Å². The van der Waals surface area contributed by atoms with Crippen molar-refractivity contribution in [3.05, 3.63) is 29.3 Å². The van der Waals surface area contributed by atoms with Crippen molar-refractivity contribution < 1.29 is 9.47 Å². The summed E-state index contributed by atoms with van der Waals surface area (Å²) in [7, 11) is 0. The van der Waals surface area contributed by atoms with Gasteiger partial charge >= 0.3 is 0 Å². The summed E-state index contributed by atoms with van der Waals surface area (Å²) in [5, 5.41) is 0. The van der Waals surface area contributed by atoms with Gasteiger partial charge in [-0.1, -0.05) is 32.9 Å². The van der Waals surface area contributed by atoms with Crippen LogP contribution in [0.25, 0.3) is 0 Å². The van der Waals surface area contributed by atoms with Crippen LogP contribution in [0.2, 0.25) is 0 Å². The quantitative estimate of drug-likeness (QED) is 0.867. The van der Waals surface area contributed by atoms with Gasteiger partial charge in [0.25, 0.3) is 0 Å². The molecule has 0 amide bonds. The van der Waals surface area contributed by atoms with Gasteiger partial charge in [0, 0.05) is 19.1 Å². The maximum absolute atomic E-state index is 6.15. The lowest BCUT2D eigenvalue weighted by molar-refractivity contribution is -0.0982. The SMILES string of the molecule is CCCOC1C(N)CC1Oc1cc(C(C)C)ccc1C. The highest BCUT2D eigenvalue weighted by Gasteiger charge is 2.41. The number of hydrogen-bond donors (Lipinski definition) is 1. The lowest BCUT2D eigenvalue weighted by atomic mass is 9.86. The molecule has 3 unspecified atom stereocenters. The standard InChI is InChI=1S/C17H27NO2/c1-5-8-19-17-14(18)10-16(17)20-15-9-13(11(2)3)7-6-12(15)4/h6-7,9,11,14,16-17H,5,8,10,18H2,1-4H3. The van der Waals surface area contributed by atoms with Gasteiger partial charge in [0.15, 0.2) is 0 Å². The third-order valence-corrected chi connectivity index (χ3v) is 3.96. The average molecular weight is 277 g/mol. The molecule has 0 aromatic heterocycles. The molecular formula is C17H27NO2. The summed E-state index contributed by atoms with van der Waals surface area (Å²) in [6.45, 7) is 9.33. The van der Waals surface area contributed by atoms with E-state index in [9.17, 15) is 0 Å². The van der Waals surface area contributed by atoms with Crippen LogP contribution in [-0.4, -0.2) is 24.9 Å².